The molecule has 2 aromatic carbocycles. The predicted octanol–water partition coefficient (Wildman–Crippen LogP) is 3.53. The molecule has 1 saturated carbocycles. The minimum absolute atomic E-state index is 0.259. The second kappa shape index (κ2) is 3.85. The summed E-state index contributed by atoms with van der Waals surface area (Å²) in [4.78, 5) is 0. The fourth-order valence-electron chi connectivity index (χ4n) is 3.05. The first-order chi connectivity index (χ1) is 8.25. The topological polar surface area (TPSA) is 26.0 Å². The lowest BCUT2D eigenvalue weighted by Crippen LogP contribution is -2.41. The maximum atomic E-state index is 6.02. The summed E-state index contributed by atoms with van der Waals surface area (Å²) in [7, 11) is 0. The van der Waals surface area contributed by atoms with Crippen molar-refractivity contribution in [3.8, 4) is 0 Å². The summed E-state index contributed by atoms with van der Waals surface area (Å²) in [5.74, 6) is 0. The Labute approximate surface area is 103 Å². The summed E-state index contributed by atoms with van der Waals surface area (Å²) in [6.45, 7) is 2.92. The summed E-state index contributed by atoms with van der Waals surface area (Å²) in [5, 5.41) is 2.74. The van der Waals surface area contributed by atoms with E-state index in [2.05, 4.69) is 43.3 Å². The van der Waals surface area contributed by atoms with Crippen molar-refractivity contribution < 1.29 is 0 Å². The third-order valence-electron chi connectivity index (χ3n) is 4.31. The molecule has 0 bridgehead atoms. The molecule has 0 unspecified atom stereocenters. The van der Waals surface area contributed by atoms with E-state index < -0.39 is 0 Å². The van der Waals surface area contributed by atoms with Crippen molar-refractivity contribution in [1.29, 1.82) is 0 Å². The van der Waals surface area contributed by atoms with E-state index in [4.69, 9.17) is 5.73 Å². The number of hydrogen-bond donors (Lipinski definition) is 1. The molecule has 1 aliphatic carbocycles. The van der Waals surface area contributed by atoms with Crippen molar-refractivity contribution in [2.45, 2.75) is 31.6 Å². The Hall–Kier alpha value is -1.34. The summed E-state index contributed by atoms with van der Waals surface area (Å²) >= 11 is 0. The lowest BCUT2D eigenvalue weighted by Gasteiger charge is -2.42. The van der Waals surface area contributed by atoms with Gasteiger partial charge in [0, 0.05) is 12.0 Å². The highest BCUT2D eigenvalue weighted by atomic mass is 14.6. The maximum Gasteiger partial charge on any atom is 0.00817 e. The smallest absolute Gasteiger partial charge is 0.00817 e. The molecule has 0 aromatic heterocycles. The second-order valence-corrected chi connectivity index (χ2v) is 5.37. The zero-order valence-electron chi connectivity index (χ0n) is 10.4. The van der Waals surface area contributed by atoms with Crippen LogP contribution < -0.4 is 5.73 Å². The highest BCUT2D eigenvalue weighted by Gasteiger charge is 2.38. The standard InChI is InChI=1S/C16H19N/c1-12-6-7-14-13(10-12)4-2-5-15(14)16(11-17)8-3-9-16/h2,4-7,10H,3,8-9,11,17H2,1H3. The molecule has 3 rings (SSSR count). The molecule has 17 heavy (non-hydrogen) atoms. The van der Waals surface area contributed by atoms with Gasteiger partial charge in [-0.15, -0.1) is 0 Å². The van der Waals surface area contributed by atoms with Crippen LogP contribution in [0, 0.1) is 6.92 Å². The third kappa shape index (κ3) is 1.57. The predicted molar refractivity (Wildman–Crippen MR) is 73.3 cm³/mol. The van der Waals surface area contributed by atoms with Crippen LogP contribution >= 0.6 is 0 Å². The van der Waals surface area contributed by atoms with E-state index in [0.717, 1.165) is 6.54 Å². The molecule has 1 fully saturated rings. The van der Waals surface area contributed by atoms with Gasteiger partial charge >= 0.3 is 0 Å². The van der Waals surface area contributed by atoms with Crippen molar-refractivity contribution in [2.75, 3.05) is 6.54 Å². The van der Waals surface area contributed by atoms with Crippen LogP contribution in [0.1, 0.15) is 30.4 Å². The van der Waals surface area contributed by atoms with Gasteiger partial charge in [-0.3, -0.25) is 0 Å². The zero-order valence-corrected chi connectivity index (χ0v) is 10.4. The highest BCUT2D eigenvalue weighted by molar-refractivity contribution is 5.87. The average Bonchev–Trinajstić information content (AvgIpc) is 2.28. The molecule has 0 heterocycles. The van der Waals surface area contributed by atoms with Crippen LogP contribution in [0.2, 0.25) is 0 Å². The molecule has 0 amide bonds. The molecular weight excluding hydrogens is 206 g/mol. The minimum atomic E-state index is 0.259. The highest BCUT2D eigenvalue weighted by Crippen LogP contribution is 2.45. The molecule has 1 nitrogen and oxygen atoms in total. The van der Waals surface area contributed by atoms with Crippen molar-refractivity contribution in [3.05, 3.63) is 47.5 Å². The van der Waals surface area contributed by atoms with Crippen molar-refractivity contribution in [2.24, 2.45) is 5.73 Å². The first kappa shape index (κ1) is 10.8. The molecule has 2 N–H and O–H groups in total. The van der Waals surface area contributed by atoms with Crippen molar-refractivity contribution in [3.63, 3.8) is 0 Å². The Morgan fingerprint density at radius 3 is 2.65 bits per heavy atom. The van der Waals surface area contributed by atoms with Gasteiger partial charge in [0.15, 0.2) is 0 Å². The number of rotatable bonds is 2. The van der Waals surface area contributed by atoms with Crippen LogP contribution in [-0.4, -0.2) is 6.54 Å². The van der Waals surface area contributed by atoms with Gasteiger partial charge in [-0.05, 0) is 36.1 Å². The Bertz CT molecular complexity index is 547. The first-order valence-electron chi connectivity index (χ1n) is 6.45. The monoisotopic (exact) mass is 225 g/mol. The van der Waals surface area contributed by atoms with E-state index in [9.17, 15) is 0 Å². The number of fused-ring (bicyclic) bond motifs is 1. The number of hydrogen-bond acceptors (Lipinski definition) is 1. The van der Waals surface area contributed by atoms with E-state index in [1.165, 1.54) is 41.2 Å². The lowest BCUT2D eigenvalue weighted by molar-refractivity contribution is 0.255. The van der Waals surface area contributed by atoms with E-state index in [-0.39, 0.29) is 5.41 Å². The number of nitrogens with two attached hydrogens (primary N) is 1. The SMILES string of the molecule is Cc1ccc2c(C3(CN)CCC3)cccc2c1. The van der Waals surface area contributed by atoms with Gasteiger partial charge in [-0.1, -0.05) is 48.4 Å². The first-order valence-corrected chi connectivity index (χ1v) is 6.45. The molecule has 1 aliphatic rings. The van der Waals surface area contributed by atoms with Gasteiger partial charge in [-0.25, -0.2) is 0 Å². The second-order valence-electron chi connectivity index (χ2n) is 5.37. The van der Waals surface area contributed by atoms with Crippen LogP contribution in [-0.2, 0) is 5.41 Å². The van der Waals surface area contributed by atoms with Gasteiger partial charge in [0.05, 0.1) is 0 Å². The molecule has 0 aliphatic heterocycles. The van der Waals surface area contributed by atoms with E-state index in [1.807, 2.05) is 0 Å². The molecule has 0 saturated heterocycles. The number of aryl methyl sites for hydroxylation is 1. The van der Waals surface area contributed by atoms with Crippen LogP contribution in [0.5, 0.6) is 0 Å². The van der Waals surface area contributed by atoms with Gasteiger partial charge in [-0.2, -0.15) is 0 Å². The molecule has 1 heteroatoms. The zero-order chi connectivity index (χ0) is 11.9. The van der Waals surface area contributed by atoms with E-state index in [0.29, 0.717) is 0 Å². The largest absolute Gasteiger partial charge is 0.330 e. The fraction of sp³-hybridized carbons (Fsp3) is 0.375. The molecule has 88 valence electrons. The molecule has 0 radical (unpaired) electrons. The Morgan fingerprint density at radius 2 is 2.00 bits per heavy atom. The fourth-order valence-corrected chi connectivity index (χ4v) is 3.05. The summed E-state index contributed by atoms with van der Waals surface area (Å²) in [5.41, 5.74) is 9.07. The molecule has 0 spiro atoms. The average molecular weight is 225 g/mol. The summed E-state index contributed by atoms with van der Waals surface area (Å²) < 4.78 is 0. The Morgan fingerprint density at radius 1 is 1.18 bits per heavy atom. The number of benzene rings is 2. The van der Waals surface area contributed by atoms with Crippen molar-refractivity contribution >= 4 is 10.8 Å². The van der Waals surface area contributed by atoms with E-state index in [1.54, 1.807) is 0 Å². The van der Waals surface area contributed by atoms with Gasteiger partial charge in [0.2, 0.25) is 0 Å². The lowest BCUT2D eigenvalue weighted by atomic mass is 9.63. The van der Waals surface area contributed by atoms with Gasteiger partial charge in [0.1, 0.15) is 0 Å². The maximum absolute atomic E-state index is 6.02. The quantitative estimate of drug-likeness (QED) is 0.831. The molecular formula is C16H19N. The van der Waals surface area contributed by atoms with Crippen LogP contribution in [0.3, 0.4) is 0 Å². The van der Waals surface area contributed by atoms with Gasteiger partial charge in [0.25, 0.3) is 0 Å². The third-order valence-corrected chi connectivity index (χ3v) is 4.31. The Kier molecular flexibility index (Phi) is 2.44. The minimum Gasteiger partial charge on any atom is -0.330 e. The summed E-state index contributed by atoms with van der Waals surface area (Å²) in [6.07, 6.45) is 3.81. The normalized spacial score (nSPS) is 18.0. The van der Waals surface area contributed by atoms with E-state index >= 15 is 0 Å². The molecule has 2 aromatic rings. The Balaban J connectivity index is 2.23. The summed E-state index contributed by atoms with van der Waals surface area (Å²) in [6, 6.07) is 13.4. The molecule has 0 atom stereocenters. The van der Waals surface area contributed by atoms with Crippen LogP contribution in [0.4, 0.5) is 0 Å². The van der Waals surface area contributed by atoms with Crippen molar-refractivity contribution in [1.82, 2.24) is 0 Å². The van der Waals surface area contributed by atoms with Crippen LogP contribution in [0.15, 0.2) is 36.4 Å². The van der Waals surface area contributed by atoms with Gasteiger partial charge < -0.3 is 5.73 Å². The van der Waals surface area contributed by atoms with Crippen LogP contribution in [0.25, 0.3) is 10.8 Å².